The van der Waals surface area contributed by atoms with Gasteiger partial charge in [-0.15, -0.1) is 0 Å². The first-order chi connectivity index (χ1) is 13.1. The summed E-state index contributed by atoms with van der Waals surface area (Å²) in [6.07, 6.45) is -3.92. The zero-order valence-corrected chi connectivity index (χ0v) is 10.5. The van der Waals surface area contributed by atoms with Crippen LogP contribution in [0.4, 0.5) is 5.69 Å². The standard InChI is InChI=1S/C14H14N4O3/c1-7-16-9-4-2-3-8(15)12(9)14(21)18(7)10-5-6-11(19)17-13(10)20/h2-4,10H,5-6,15H2,1H3,(H,17,19,20)/i1D3,3D,4D,6D2,10D. The molecular formula is C14H14N4O3. The lowest BCUT2D eigenvalue weighted by molar-refractivity contribution is -0.135. The Hall–Kier alpha value is -2.70. The summed E-state index contributed by atoms with van der Waals surface area (Å²) in [5, 5.41) is 1.08. The molecule has 0 saturated carbocycles. The third-order valence-electron chi connectivity index (χ3n) is 2.96. The Morgan fingerprint density at radius 1 is 1.57 bits per heavy atom. The van der Waals surface area contributed by atoms with Crippen molar-refractivity contribution in [1.29, 1.82) is 0 Å². The molecule has 1 aliphatic rings. The number of nitrogens with zero attached hydrogens (tertiary/aromatic N) is 2. The molecule has 1 aromatic carbocycles. The number of nitrogens with one attached hydrogen (secondary N) is 1. The number of hydrogen-bond acceptors (Lipinski definition) is 5. The maximum Gasteiger partial charge on any atom is 0.264 e. The Morgan fingerprint density at radius 3 is 3.14 bits per heavy atom. The minimum Gasteiger partial charge on any atom is -0.398 e. The molecule has 0 radical (unpaired) electrons. The van der Waals surface area contributed by atoms with Crippen LogP contribution in [0.15, 0.2) is 22.9 Å². The monoisotopic (exact) mass is 294 g/mol. The summed E-state index contributed by atoms with van der Waals surface area (Å²) in [6, 6.07) is -2.82. The van der Waals surface area contributed by atoms with Crippen LogP contribution in [0.25, 0.3) is 10.9 Å². The third-order valence-corrected chi connectivity index (χ3v) is 2.96. The van der Waals surface area contributed by atoms with Crippen molar-refractivity contribution in [3.8, 4) is 0 Å². The number of amides is 2. The first-order valence-electron chi connectivity index (χ1n) is 9.80. The van der Waals surface area contributed by atoms with Gasteiger partial charge in [-0.3, -0.25) is 24.3 Å². The molecule has 2 aromatic rings. The number of nitrogens with two attached hydrogens (primary N) is 1. The van der Waals surface area contributed by atoms with E-state index < -0.39 is 77.5 Å². The van der Waals surface area contributed by atoms with Crippen molar-refractivity contribution < 1.29 is 20.6 Å². The predicted molar refractivity (Wildman–Crippen MR) is 76.6 cm³/mol. The van der Waals surface area contributed by atoms with Gasteiger partial charge in [-0.1, -0.05) is 6.07 Å². The number of carbonyl (C=O) groups excluding carboxylic acids is 2. The molecule has 3 rings (SSSR count). The molecule has 1 fully saturated rings. The van der Waals surface area contributed by atoms with Crippen LogP contribution in [0.3, 0.4) is 0 Å². The van der Waals surface area contributed by atoms with Gasteiger partial charge in [0.05, 0.1) is 15.0 Å². The minimum absolute atomic E-state index is 0.164. The molecule has 7 heteroatoms. The zero-order valence-electron chi connectivity index (χ0n) is 18.5. The van der Waals surface area contributed by atoms with Crippen LogP contribution in [0.1, 0.15) is 35.6 Å². The van der Waals surface area contributed by atoms with Crippen molar-refractivity contribution in [2.75, 3.05) is 5.73 Å². The van der Waals surface area contributed by atoms with E-state index in [0.717, 1.165) is 6.07 Å². The smallest absolute Gasteiger partial charge is 0.264 e. The van der Waals surface area contributed by atoms with Crippen molar-refractivity contribution in [3.63, 3.8) is 0 Å². The van der Waals surface area contributed by atoms with E-state index in [9.17, 15) is 14.4 Å². The molecule has 2 amide bonds. The topological polar surface area (TPSA) is 107 Å². The highest BCUT2D eigenvalue weighted by Crippen LogP contribution is 2.21. The van der Waals surface area contributed by atoms with E-state index in [1.54, 1.807) is 5.32 Å². The quantitative estimate of drug-likeness (QED) is 0.579. The summed E-state index contributed by atoms with van der Waals surface area (Å²) >= 11 is 0. The van der Waals surface area contributed by atoms with Crippen molar-refractivity contribution in [2.45, 2.75) is 25.7 Å². The largest absolute Gasteiger partial charge is 0.398 e. The fourth-order valence-electron chi connectivity index (χ4n) is 2.02. The van der Waals surface area contributed by atoms with Crippen LogP contribution in [0.5, 0.6) is 0 Å². The number of rotatable bonds is 1. The van der Waals surface area contributed by atoms with Gasteiger partial charge in [0.25, 0.3) is 5.56 Å². The second-order valence-corrected chi connectivity index (χ2v) is 4.23. The maximum absolute atomic E-state index is 13.2. The number of aromatic nitrogens is 2. The Labute approximate surface area is 131 Å². The second kappa shape index (κ2) is 4.69. The molecule has 21 heavy (non-hydrogen) atoms. The van der Waals surface area contributed by atoms with E-state index in [1.807, 2.05) is 0 Å². The molecule has 1 unspecified atom stereocenters. The van der Waals surface area contributed by atoms with Gasteiger partial charge in [0.15, 0.2) is 0 Å². The zero-order chi connectivity index (χ0) is 22.1. The Morgan fingerprint density at radius 2 is 2.38 bits per heavy atom. The lowest BCUT2D eigenvalue weighted by Crippen LogP contribution is -2.45. The summed E-state index contributed by atoms with van der Waals surface area (Å²) in [7, 11) is 0. The lowest BCUT2D eigenvalue weighted by Gasteiger charge is -2.24. The van der Waals surface area contributed by atoms with E-state index in [2.05, 4.69) is 4.98 Å². The van der Waals surface area contributed by atoms with Gasteiger partial charge >= 0.3 is 0 Å². The number of hydrogen-bond donors (Lipinski definition) is 2. The number of anilines is 1. The number of carbonyl (C=O) groups is 2. The van der Waals surface area contributed by atoms with E-state index in [4.69, 9.17) is 16.7 Å². The molecule has 0 spiro atoms. The van der Waals surface area contributed by atoms with E-state index >= 15 is 0 Å². The molecule has 1 saturated heterocycles. The number of piperidine rings is 1. The average molecular weight is 294 g/mol. The average Bonchev–Trinajstić information content (AvgIpc) is 2.56. The molecule has 7 nitrogen and oxygen atoms in total. The van der Waals surface area contributed by atoms with E-state index in [-0.39, 0.29) is 4.57 Å². The molecule has 0 bridgehead atoms. The summed E-state index contributed by atoms with van der Waals surface area (Å²) in [4.78, 5) is 41.1. The SMILES string of the molecule is [2H]c1cc([2H])c2nc(C([2H])([2H])[2H])n(C3([2H])CC([2H])([2H])C(=O)NC3=O)c(=O)c2c1N. The molecule has 108 valence electrons. The fourth-order valence-corrected chi connectivity index (χ4v) is 2.02. The first-order valence-corrected chi connectivity index (χ1v) is 5.80. The maximum atomic E-state index is 13.2. The van der Waals surface area contributed by atoms with Gasteiger partial charge in [0.2, 0.25) is 11.8 Å². The molecule has 2 heterocycles. The Kier molecular flexibility index (Phi) is 1.53. The Balaban J connectivity index is 2.51. The van der Waals surface area contributed by atoms with Crippen molar-refractivity contribution in [1.82, 2.24) is 14.9 Å². The summed E-state index contributed by atoms with van der Waals surface area (Å²) in [6.45, 7) is -3.14. The molecular weight excluding hydrogens is 272 g/mol. The molecule has 3 N–H and O–H groups in total. The van der Waals surface area contributed by atoms with Gasteiger partial charge < -0.3 is 5.73 Å². The van der Waals surface area contributed by atoms with Crippen LogP contribution in [0, 0.1) is 6.85 Å². The van der Waals surface area contributed by atoms with Crippen LogP contribution in [-0.4, -0.2) is 21.4 Å². The van der Waals surface area contributed by atoms with Crippen LogP contribution in [-0.2, 0) is 9.59 Å². The van der Waals surface area contributed by atoms with Gasteiger partial charge in [-0.25, -0.2) is 4.98 Å². The van der Waals surface area contributed by atoms with Crippen LogP contribution < -0.4 is 16.6 Å². The van der Waals surface area contributed by atoms with Gasteiger partial charge in [-0.05, 0) is 25.4 Å². The molecule has 1 aromatic heterocycles. The van der Waals surface area contributed by atoms with Gasteiger partial charge in [0.1, 0.15) is 11.8 Å². The van der Waals surface area contributed by atoms with E-state index in [0.29, 0.717) is 0 Å². The van der Waals surface area contributed by atoms with Crippen LogP contribution >= 0.6 is 0 Å². The van der Waals surface area contributed by atoms with Crippen LogP contribution in [0.2, 0.25) is 0 Å². The van der Waals surface area contributed by atoms with Crippen molar-refractivity contribution in [2.24, 2.45) is 0 Å². The lowest BCUT2D eigenvalue weighted by atomic mass is 10.1. The van der Waals surface area contributed by atoms with Gasteiger partial charge in [0, 0.05) is 18.9 Å². The van der Waals surface area contributed by atoms with Crippen molar-refractivity contribution >= 4 is 28.4 Å². The number of aryl methyl sites for hydroxylation is 1. The second-order valence-electron chi connectivity index (χ2n) is 4.23. The van der Waals surface area contributed by atoms with E-state index in [1.165, 1.54) is 0 Å². The minimum atomic E-state index is -3.14. The Bertz CT molecular complexity index is 1140. The third kappa shape index (κ3) is 2.06. The first kappa shape index (κ1) is 6.84. The highest BCUT2D eigenvalue weighted by molar-refractivity contribution is 5.99. The molecule has 1 atom stereocenters. The van der Waals surface area contributed by atoms with Gasteiger partial charge in [-0.2, -0.15) is 0 Å². The highest BCUT2D eigenvalue weighted by atomic mass is 16.2. The fraction of sp³-hybridized carbons (Fsp3) is 0.286. The summed E-state index contributed by atoms with van der Waals surface area (Å²) < 4.78 is 62.7. The predicted octanol–water partition coefficient (Wildman–Crippen LogP) is 0.265. The highest BCUT2D eigenvalue weighted by Gasteiger charge is 2.30. The summed E-state index contributed by atoms with van der Waals surface area (Å²) in [5.41, 5.74) is 3.55. The number of nitrogen functional groups attached to an aromatic ring is 1. The molecule has 1 aliphatic heterocycles. The normalized spacial score (nSPS) is 30.9. The van der Waals surface area contributed by atoms with Crippen molar-refractivity contribution in [3.05, 3.63) is 34.3 Å². The summed E-state index contributed by atoms with van der Waals surface area (Å²) in [5.74, 6) is -3.79. The number of imide groups is 1. The molecule has 0 aliphatic carbocycles. The number of fused-ring (bicyclic) bond motifs is 1. The number of benzene rings is 1.